The molecule has 11 heteroatoms. The Labute approximate surface area is 272 Å². The topological polar surface area (TPSA) is 120 Å². The molecule has 1 aromatic carbocycles. The van der Waals surface area contributed by atoms with Crippen molar-refractivity contribution in [3.63, 3.8) is 0 Å². The molecule has 5 aliphatic rings. The summed E-state index contributed by atoms with van der Waals surface area (Å²) in [7, 11) is 1.69. The minimum atomic E-state index is 0.0149. The van der Waals surface area contributed by atoms with E-state index in [1.807, 2.05) is 41.6 Å². The van der Waals surface area contributed by atoms with Crippen molar-refractivity contribution in [2.75, 3.05) is 31.6 Å². The maximum Gasteiger partial charge on any atom is 0.254 e. The first-order valence-corrected chi connectivity index (χ1v) is 17.2. The van der Waals surface area contributed by atoms with Gasteiger partial charge in [0.25, 0.3) is 5.91 Å². The number of methoxy groups -OCH3 is 1. The van der Waals surface area contributed by atoms with Gasteiger partial charge in [0.2, 0.25) is 0 Å². The second-order valence-electron chi connectivity index (χ2n) is 14.4. The predicted octanol–water partition coefficient (Wildman–Crippen LogP) is 4.76. The number of aromatic nitrogens is 6. The zero-order valence-corrected chi connectivity index (χ0v) is 26.6. The van der Waals surface area contributed by atoms with Crippen molar-refractivity contribution in [1.82, 2.24) is 34.0 Å². The largest absolute Gasteiger partial charge is 0.494 e. The Balaban J connectivity index is 1.09. The highest BCUT2D eigenvalue weighted by Crippen LogP contribution is 2.43. The molecule has 5 aromatic rings. The monoisotopic (exact) mass is 629 g/mol. The molecular weight excluding hydrogens is 590 g/mol. The molecular formula is C36H39N9O2. The third kappa shape index (κ3) is 4.38. The van der Waals surface area contributed by atoms with Gasteiger partial charge in [-0.3, -0.25) is 4.79 Å². The van der Waals surface area contributed by atoms with Crippen LogP contribution in [-0.2, 0) is 6.54 Å². The molecule has 0 radical (unpaired) electrons. The maximum absolute atomic E-state index is 14.0. The molecule has 2 aliphatic heterocycles. The Bertz CT molecular complexity index is 2050. The number of nitrogens with zero attached hydrogens (tertiary/aromatic N) is 8. The molecule has 1 amide bonds. The molecule has 3 aliphatic carbocycles. The number of likely N-dealkylation sites (tertiary alicyclic amines) is 1. The first kappa shape index (κ1) is 27.6. The average molecular weight is 630 g/mol. The van der Waals surface area contributed by atoms with Gasteiger partial charge in [-0.05, 0) is 86.8 Å². The molecule has 4 aromatic heterocycles. The Morgan fingerprint density at radius 3 is 2.60 bits per heavy atom. The minimum Gasteiger partial charge on any atom is -0.494 e. The lowest BCUT2D eigenvalue weighted by molar-refractivity contribution is 0.0700. The predicted molar refractivity (Wildman–Crippen MR) is 179 cm³/mol. The van der Waals surface area contributed by atoms with E-state index in [9.17, 15) is 4.79 Å². The smallest absolute Gasteiger partial charge is 0.254 e. The summed E-state index contributed by atoms with van der Waals surface area (Å²) in [6.07, 6.45) is 10.7. The van der Waals surface area contributed by atoms with Crippen LogP contribution in [0.2, 0.25) is 0 Å². The summed E-state index contributed by atoms with van der Waals surface area (Å²) in [6.45, 7) is 3.22. The van der Waals surface area contributed by atoms with Gasteiger partial charge in [0.05, 0.1) is 24.4 Å². The number of ether oxygens (including phenoxy) is 1. The highest BCUT2D eigenvalue weighted by atomic mass is 16.5. The van der Waals surface area contributed by atoms with Crippen LogP contribution in [0.25, 0.3) is 33.6 Å². The number of piperidine rings is 1. The van der Waals surface area contributed by atoms with Crippen molar-refractivity contribution < 1.29 is 9.53 Å². The molecule has 2 N–H and O–H groups in total. The number of benzene rings is 1. The molecule has 2 bridgehead atoms. The number of nitrogens with two attached hydrogens (primary N) is 1. The normalized spacial score (nSPS) is 24.1. The van der Waals surface area contributed by atoms with E-state index in [0.717, 1.165) is 84.2 Å². The van der Waals surface area contributed by atoms with Crippen LogP contribution >= 0.6 is 0 Å². The Morgan fingerprint density at radius 1 is 0.979 bits per heavy atom. The molecule has 2 unspecified atom stereocenters. The standard InChI is InChI=1S/C36H39N9O2/c1-47-29-15-24(36(46)44-17-23-8-9-27(44)31(23)37)13-26-32(29)45(25-18-42(19-25)30-10-12-38-33(41-30)21-6-7-21)35(40-26)28-14-22-3-2-11-39-34(22)43(28)16-20-4-5-20/h2-3,10-15,20-21,23,25,27,31H,4-9,16-19,37H2,1H3/t23?,27?,31-/m1/s1. The SMILES string of the molecule is COc1cc(C(=O)N2CC3CCC2[C@@H]3N)cc2nc(-c3cc4cccnc4n3CC3CC3)n(C3CN(c4ccnc(C5CC5)n4)C3)c12. The molecule has 3 atom stereocenters. The summed E-state index contributed by atoms with van der Waals surface area (Å²) in [6, 6.07) is 12.6. The van der Waals surface area contributed by atoms with Crippen molar-refractivity contribution in [2.24, 2.45) is 17.6 Å². The molecule has 10 rings (SSSR count). The summed E-state index contributed by atoms with van der Waals surface area (Å²) < 4.78 is 10.8. The molecule has 240 valence electrons. The molecule has 3 saturated carbocycles. The Morgan fingerprint density at radius 2 is 1.85 bits per heavy atom. The van der Waals surface area contributed by atoms with Crippen LogP contribution in [0.5, 0.6) is 5.75 Å². The van der Waals surface area contributed by atoms with Gasteiger partial charge < -0.3 is 29.4 Å². The van der Waals surface area contributed by atoms with E-state index in [-0.39, 0.29) is 24.0 Å². The molecule has 11 nitrogen and oxygen atoms in total. The van der Waals surface area contributed by atoms with Crippen LogP contribution in [0, 0.1) is 11.8 Å². The summed E-state index contributed by atoms with van der Waals surface area (Å²) in [5.41, 5.74) is 10.8. The van der Waals surface area contributed by atoms with Gasteiger partial charge in [0.15, 0.2) is 5.82 Å². The van der Waals surface area contributed by atoms with Crippen molar-refractivity contribution in [1.29, 1.82) is 0 Å². The van der Waals surface area contributed by atoms with Gasteiger partial charge >= 0.3 is 0 Å². The number of carbonyl (C=O) groups is 1. The highest BCUT2D eigenvalue weighted by Gasteiger charge is 2.47. The zero-order valence-electron chi connectivity index (χ0n) is 26.6. The van der Waals surface area contributed by atoms with Crippen molar-refractivity contribution in [3.8, 4) is 17.3 Å². The number of anilines is 1. The van der Waals surface area contributed by atoms with E-state index in [4.69, 9.17) is 25.4 Å². The fraction of sp³-hybridized carbons (Fsp3) is 0.472. The first-order valence-electron chi connectivity index (χ1n) is 17.2. The molecule has 6 heterocycles. The van der Waals surface area contributed by atoms with Gasteiger partial charge in [0.1, 0.15) is 28.6 Å². The summed E-state index contributed by atoms with van der Waals surface area (Å²) in [5.74, 6) is 5.05. The highest BCUT2D eigenvalue weighted by molar-refractivity contribution is 6.00. The second kappa shape index (κ2) is 10.2. The number of amides is 1. The van der Waals surface area contributed by atoms with E-state index in [1.165, 1.54) is 25.7 Å². The summed E-state index contributed by atoms with van der Waals surface area (Å²) in [5, 5.41) is 1.11. The third-order valence-electron chi connectivity index (χ3n) is 11.3. The number of fused-ring (bicyclic) bond motifs is 4. The van der Waals surface area contributed by atoms with Crippen molar-refractivity contribution in [2.45, 2.75) is 69.1 Å². The van der Waals surface area contributed by atoms with Gasteiger partial charge in [-0.1, -0.05) is 0 Å². The molecule has 47 heavy (non-hydrogen) atoms. The van der Waals surface area contributed by atoms with E-state index in [1.54, 1.807) is 7.11 Å². The van der Waals surface area contributed by atoms with E-state index < -0.39 is 0 Å². The number of carbonyl (C=O) groups excluding carboxylic acids is 1. The number of rotatable bonds is 8. The lowest BCUT2D eigenvalue weighted by Gasteiger charge is -2.41. The fourth-order valence-electron chi connectivity index (χ4n) is 8.36. The van der Waals surface area contributed by atoms with Crippen LogP contribution in [-0.4, -0.2) is 78.7 Å². The Hall–Kier alpha value is -4.51. The van der Waals surface area contributed by atoms with Gasteiger partial charge in [-0.25, -0.2) is 19.9 Å². The number of pyridine rings is 1. The molecule has 5 fully saturated rings. The second-order valence-corrected chi connectivity index (χ2v) is 14.4. The van der Waals surface area contributed by atoms with E-state index in [0.29, 0.717) is 29.1 Å². The van der Waals surface area contributed by atoms with Crippen LogP contribution in [0.15, 0.2) is 48.8 Å². The number of hydrogen-bond acceptors (Lipinski definition) is 8. The quantitative estimate of drug-likeness (QED) is 0.261. The first-order chi connectivity index (χ1) is 23.0. The molecule has 2 saturated heterocycles. The summed E-state index contributed by atoms with van der Waals surface area (Å²) >= 11 is 0. The lowest BCUT2D eigenvalue weighted by Crippen LogP contribution is -2.48. The van der Waals surface area contributed by atoms with Crippen LogP contribution in [0.4, 0.5) is 5.82 Å². The average Bonchev–Trinajstić information content (AvgIpc) is 3.98. The van der Waals surface area contributed by atoms with Gasteiger partial charge in [-0.15, -0.1) is 0 Å². The maximum atomic E-state index is 14.0. The van der Waals surface area contributed by atoms with E-state index in [2.05, 4.69) is 31.2 Å². The lowest BCUT2D eigenvalue weighted by atomic mass is 10.1. The zero-order chi connectivity index (χ0) is 31.4. The van der Waals surface area contributed by atoms with Crippen LogP contribution in [0.1, 0.15) is 66.7 Å². The van der Waals surface area contributed by atoms with E-state index >= 15 is 0 Å². The van der Waals surface area contributed by atoms with Crippen LogP contribution in [0.3, 0.4) is 0 Å². The van der Waals surface area contributed by atoms with Gasteiger partial charge in [-0.2, -0.15) is 0 Å². The third-order valence-corrected chi connectivity index (χ3v) is 11.3. The number of hydrogen-bond donors (Lipinski definition) is 1. The van der Waals surface area contributed by atoms with Crippen molar-refractivity contribution >= 4 is 33.8 Å². The van der Waals surface area contributed by atoms with Crippen molar-refractivity contribution in [3.05, 3.63) is 60.2 Å². The van der Waals surface area contributed by atoms with Crippen LogP contribution < -0.4 is 15.4 Å². The summed E-state index contributed by atoms with van der Waals surface area (Å²) in [4.78, 5) is 37.9. The van der Waals surface area contributed by atoms with Gasteiger partial charge in [0, 0.05) is 67.5 Å². The fourth-order valence-corrected chi connectivity index (χ4v) is 8.36. The minimum absolute atomic E-state index is 0.0149. The number of imidazole rings is 1. The molecule has 0 spiro atoms. The Kier molecular flexibility index (Phi) is 6.01.